The fourth-order valence-corrected chi connectivity index (χ4v) is 2.47. The van der Waals surface area contributed by atoms with Crippen molar-refractivity contribution in [2.75, 3.05) is 45.9 Å². The van der Waals surface area contributed by atoms with E-state index in [0.717, 1.165) is 51.8 Å². The fraction of sp³-hybridized carbons (Fsp3) is 0.529. The van der Waals surface area contributed by atoms with Gasteiger partial charge in [0.15, 0.2) is 0 Å². The highest BCUT2D eigenvalue weighted by Gasteiger charge is 2.10. The smallest absolute Gasteiger partial charge is 0.251 e. The molecular formula is C17H24FN3O3. The molecule has 0 atom stereocenters. The molecular weight excluding hydrogens is 313 g/mol. The van der Waals surface area contributed by atoms with Crippen molar-refractivity contribution in [3.63, 3.8) is 0 Å². The topological polar surface area (TPSA) is 70.7 Å². The Morgan fingerprint density at radius 3 is 2.71 bits per heavy atom. The molecule has 0 radical (unpaired) electrons. The van der Waals surface area contributed by atoms with E-state index in [9.17, 15) is 14.0 Å². The molecule has 0 aromatic heterocycles. The number of amides is 2. The zero-order valence-electron chi connectivity index (χ0n) is 13.7. The van der Waals surface area contributed by atoms with Crippen LogP contribution in [0.25, 0.3) is 0 Å². The molecule has 2 amide bonds. The van der Waals surface area contributed by atoms with Gasteiger partial charge in [-0.3, -0.25) is 14.5 Å². The largest absolute Gasteiger partial charge is 0.379 e. The summed E-state index contributed by atoms with van der Waals surface area (Å²) >= 11 is 0. The Kier molecular flexibility index (Phi) is 7.64. The van der Waals surface area contributed by atoms with Crippen LogP contribution in [0.5, 0.6) is 0 Å². The van der Waals surface area contributed by atoms with Gasteiger partial charge >= 0.3 is 0 Å². The summed E-state index contributed by atoms with van der Waals surface area (Å²) in [7, 11) is 0. The maximum atomic E-state index is 13.0. The molecule has 1 aliphatic rings. The Labute approximate surface area is 141 Å². The van der Waals surface area contributed by atoms with Crippen LogP contribution in [0.1, 0.15) is 23.2 Å². The number of morpholine rings is 1. The van der Waals surface area contributed by atoms with Gasteiger partial charge in [0.05, 0.1) is 19.8 Å². The van der Waals surface area contributed by atoms with Gasteiger partial charge in [-0.15, -0.1) is 0 Å². The third-order valence-corrected chi connectivity index (χ3v) is 3.82. The number of carbonyl (C=O) groups is 2. The van der Waals surface area contributed by atoms with Gasteiger partial charge in [0.1, 0.15) is 5.82 Å². The summed E-state index contributed by atoms with van der Waals surface area (Å²) in [6.45, 7) is 5.01. The number of nitrogens with zero attached hydrogens (tertiary/aromatic N) is 1. The van der Waals surface area contributed by atoms with Crippen LogP contribution >= 0.6 is 0 Å². The summed E-state index contributed by atoms with van der Waals surface area (Å²) in [5, 5.41) is 5.25. The Balaban J connectivity index is 1.54. The van der Waals surface area contributed by atoms with E-state index in [-0.39, 0.29) is 18.0 Å². The van der Waals surface area contributed by atoms with Crippen molar-refractivity contribution in [3.05, 3.63) is 35.6 Å². The second-order valence-corrected chi connectivity index (χ2v) is 5.70. The number of hydrogen-bond donors (Lipinski definition) is 2. The molecule has 6 nitrogen and oxygen atoms in total. The van der Waals surface area contributed by atoms with E-state index in [1.165, 1.54) is 18.2 Å². The molecule has 2 N–H and O–H groups in total. The van der Waals surface area contributed by atoms with Gasteiger partial charge in [0, 0.05) is 25.2 Å². The SMILES string of the molecule is O=C(CNC(=O)c1cccc(F)c1)NCCCCN1CCOCC1. The van der Waals surface area contributed by atoms with Crippen molar-refractivity contribution in [3.8, 4) is 0 Å². The number of nitrogens with one attached hydrogen (secondary N) is 2. The Hall–Kier alpha value is -1.99. The zero-order chi connectivity index (χ0) is 17.2. The average Bonchev–Trinajstić information content (AvgIpc) is 2.60. The van der Waals surface area contributed by atoms with Crippen molar-refractivity contribution < 1.29 is 18.7 Å². The lowest BCUT2D eigenvalue weighted by molar-refractivity contribution is -0.120. The van der Waals surface area contributed by atoms with E-state index in [0.29, 0.717) is 6.54 Å². The summed E-state index contributed by atoms with van der Waals surface area (Å²) < 4.78 is 18.3. The standard InChI is InChI=1S/C17H24FN3O3/c18-15-5-3-4-14(12-15)17(23)20-13-16(22)19-6-1-2-7-21-8-10-24-11-9-21/h3-5,12H,1-2,6-11,13H2,(H,19,22)(H,20,23). The molecule has 1 aromatic rings. The van der Waals surface area contributed by atoms with E-state index in [2.05, 4.69) is 15.5 Å². The maximum absolute atomic E-state index is 13.0. The first-order valence-electron chi connectivity index (χ1n) is 8.26. The molecule has 0 spiro atoms. The molecule has 0 aliphatic carbocycles. The minimum Gasteiger partial charge on any atom is -0.379 e. The monoisotopic (exact) mass is 337 g/mol. The molecule has 0 bridgehead atoms. The van der Waals surface area contributed by atoms with Gasteiger partial charge in [-0.1, -0.05) is 6.07 Å². The normalized spacial score (nSPS) is 15.0. The van der Waals surface area contributed by atoms with Crippen LogP contribution in [0, 0.1) is 5.82 Å². The van der Waals surface area contributed by atoms with Gasteiger partial charge in [-0.2, -0.15) is 0 Å². The molecule has 2 rings (SSSR count). The van der Waals surface area contributed by atoms with Crippen LogP contribution in [-0.4, -0.2) is 62.7 Å². The summed E-state index contributed by atoms with van der Waals surface area (Å²) in [5.74, 6) is -1.18. The summed E-state index contributed by atoms with van der Waals surface area (Å²) in [4.78, 5) is 25.8. The second-order valence-electron chi connectivity index (χ2n) is 5.70. The van der Waals surface area contributed by atoms with Crippen LogP contribution in [-0.2, 0) is 9.53 Å². The lowest BCUT2D eigenvalue weighted by Gasteiger charge is -2.26. The highest BCUT2D eigenvalue weighted by Crippen LogP contribution is 2.03. The number of benzene rings is 1. The molecule has 1 aliphatic heterocycles. The van der Waals surface area contributed by atoms with Crippen molar-refractivity contribution in [1.82, 2.24) is 15.5 Å². The number of halogens is 1. The molecule has 1 aromatic carbocycles. The second kappa shape index (κ2) is 10.00. The number of carbonyl (C=O) groups excluding carboxylic acids is 2. The first-order chi connectivity index (χ1) is 11.6. The van der Waals surface area contributed by atoms with E-state index in [1.807, 2.05) is 0 Å². The third-order valence-electron chi connectivity index (χ3n) is 3.82. The molecule has 0 unspecified atom stereocenters. The minimum absolute atomic E-state index is 0.112. The Morgan fingerprint density at radius 2 is 1.96 bits per heavy atom. The molecule has 1 fully saturated rings. The summed E-state index contributed by atoms with van der Waals surface area (Å²) in [5.41, 5.74) is 0.202. The minimum atomic E-state index is -0.479. The van der Waals surface area contributed by atoms with E-state index >= 15 is 0 Å². The lowest BCUT2D eigenvalue weighted by Crippen LogP contribution is -2.38. The number of rotatable bonds is 8. The first kappa shape index (κ1) is 18.4. The van der Waals surface area contributed by atoms with Crippen LogP contribution in [0.15, 0.2) is 24.3 Å². The van der Waals surface area contributed by atoms with Gasteiger partial charge in [-0.05, 0) is 37.6 Å². The maximum Gasteiger partial charge on any atom is 0.251 e. The number of hydrogen-bond acceptors (Lipinski definition) is 4. The van der Waals surface area contributed by atoms with E-state index < -0.39 is 11.7 Å². The van der Waals surface area contributed by atoms with Crippen LogP contribution in [0.2, 0.25) is 0 Å². The number of unbranched alkanes of at least 4 members (excludes halogenated alkanes) is 1. The van der Waals surface area contributed by atoms with E-state index in [1.54, 1.807) is 0 Å². The molecule has 1 heterocycles. The highest BCUT2D eigenvalue weighted by molar-refractivity contribution is 5.96. The summed E-state index contributed by atoms with van der Waals surface area (Å²) in [6.07, 6.45) is 1.90. The molecule has 1 saturated heterocycles. The highest BCUT2D eigenvalue weighted by atomic mass is 19.1. The van der Waals surface area contributed by atoms with Crippen LogP contribution in [0.3, 0.4) is 0 Å². The fourth-order valence-electron chi connectivity index (χ4n) is 2.47. The van der Waals surface area contributed by atoms with Crippen molar-refractivity contribution in [1.29, 1.82) is 0 Å². The third kappa shape index (κ3) is 6.64. The Bertz CT molecular complexity index is 548. The van der Waals surface area contributed by atoms with Gasteiger partial charge in [-0.25, -0.2) is 4.39 Å². The molecule has 7 heteroatoms. The predicted molar refractivity (Wildman–Crippen MR) is 88.2 cm³/mol. The van der Waals surface area contributed by atoms with Crippen molar-refractivity contribution in [2.45, 2.75) is 12.8 Å². The van der Waals surface area contributed by atoms with Crippen LogP contribution in [0.4, 0.5) is 4.39 Å². The van der Waals surface area contributed by atoms with Gasteiger partial charge in [0.2, 0.25) is 5.91 Å². The quantitative estimate of drug-likeness (QED) is 0.688. The van der Waals surface area contributed by atoms with Crippen molar-refractivity contribution in [2.24, 2.45) is 0 Å². The van der Waals surface area contributed by atoms with Gasteiger partial charge < -0.3 is 15.4 Å². The van der Waals surface area contributed by atoms with Crippen molar-refractivity contribution >= 4 is 11.8 Å². The predicted octanol–water partition coefficient (Wildman–Crippen LogP) is 0.784. The molecule has 24 heavy (non-hydrogen) atoms. The molecule has 0 saturated carbocycles. The number of ether oxygens (including phenoxy) is 1. The lowest BCUT2D eigenvalue weighted by atomic mass is 10.2. The molecule has 132 valence electrons. The summed E-state index contributed by atoms with van der Waals surface area (Å²) in [6, 6.07) is 5.36. The van der Waals surface area contributed by atoms with Gasteiger partial charge in [0.25, 0.3) is 5.91 Å². The zero-order valence-corrected chi connectivity index (χ0v) is 13.7. The van der Waals surface area contributed by atoms with E-state index in [4.69, 9.17) is 4.74 Å². The Morgan fingerprint density at radius 1 is 1.17 bits per heavy atom. The first-order valence-corrected chi connectivity index (χ1v) is 8.26. The average molecular weight is 337 g/mol. The van der Waals surface area contributed by atoms with Crippen LogP contribution < -0.4 is 10.6 Å².